The largest absolute Gasteiger partial charge is 0.394 e. The Morgan fingerprint density at radius 1 is 1.62 bits per heavy atom. The SMILES string of the molecule is CC1(C)CN(c2ccc(C#N)c([N+](=O)[O-])c2)CC(CO)O1. The highest BCUT2D eigenvalue weighted by atomic mass is 16.6. The van der Waals surface area contributed by atoms with Gasteiger partial charge in [0.1, 0.15) is 11.6 Å². The molecule has 0 aromatic heterocycles. The molecule has 0 amide bonds. The van der Waals surface area contributed by atoms with Crippen LogP contribution < -0.4 is 4.90 Å². The van der Waals surface area contributed by atoms with Crippen LogP contribution in [0.5, 0.6) is 0 Å². The standard InChI is InChI=1S/C14H17N3O4/c1-14(2)9-16(7-12(8-18)21-14)11-4-3-10(6-15)13(5-11)17(19)20/h3-5,12,18H,7-9H2,1-2H3. The molecular formula is C14H17N3O4. The molecule has 0 saturated carbocycles. The van der Waals surface area contributed by atoms with Crippen molar-refractivity contribution >= 4 is 11.4 Å². The lowest BCUT2D eigenvalue weighted by molar-refractivity contribution is -0.385. The van der Waals surface area contributed by atoms with E-state index in [0.717, 1.165) is 0 Å². The van der Waals surface area contributed by atoms with Gasteiger partial charge in [0.2, 0.25) is 0 Å². The lowest BCUT2D eigenvalue weighted by Crippen LogP contribution is -2.54. The van der Waals surface area contributed by atoms with E-state index in [4.69, 9.17) is 10.00 Å². The summed E-state index contributed by atoms with van der Waals surface area (Å²) in [4.78, 5) is 12.4. The Kier molecular flexibility index (Phi) is 4.11. The van der Waals surface area contributed by atoms with Gasteiger partial charge in [-0.3, -0.25) is 10.1 Å². The minimum Gasteiger partial charge on any atom is -0.394 e. The van der Waals surface area contributed by atoms with Crippen molar-refractivity contribution in [2.75, 3.05) is 24.6 Å². The van der Waals surface area contributed by atoms with Crippen molar-refractivity contribution < 1.29 is 14.8 Å². The second kappa shape index (κ2) is 5.68. The molecule has 0 radical (unpaired) electrons. The van der Waals surface area contributed by atoms with Crippen LogP contribution in [-0.4, -0.2) is 41.4 Å². The lowest BCUT2D eigenvalue weighted by Gasteiger charge is -2.43. The average Bonchev–Trinajstić information content (AvgIpc) is 2.44. The zero-order valence-corrected chi connectivity index (χ0v) is 11.9. The summed E-state index contributed by atoms with van der Waals surface area (Å²) in [5.74, 6) is 0. The van der Waals surface area contributed by atoms with Crippen LogP contribution in [0.2, 0.25) is 0 Å². The number of hydrogen-bond acceptors (Lipinski definition) is 6. The fourth-order valence-corrected chi connectivity index (χ4v) is 2.55. The van der Waals surface area contributed by atoms with Crippen LogP contribution in [0.15, 0.2) is 18.2 Å². The summed E-state index contributed by atoms with van der Waals surface area (Å²) < 4.78 is 5.72. The summed E-state index contributed by atoms with van der Waals surface area (Å²) >= 11 is 0. The molecule has 0 bridgehead atoms. The van der Waals surface area contributed by atoms with E-state index in [1.807, 2.05) is 24.8 Å². The smallest absolute Gasteiger partial charge is 0.289 e. The van der Waals surface area contributed by atoms with Crippen molar-refractivity contribution in [1.82, 2.24) is 0 Å². The summed E-state index contributed by atoms with van der Waals surface area (Å²) in [6.07, 6.45) is -0.344. The Labute approximate surface area is 122 Å². The minimum absolute atomic E-state index is 0.0370. The Balaban J connectivity index is 2.35. The first-order chi connectivity index (χ1) is 9.86. The number of aliphatic hydroxyl groups is 1. The van der Waals surface area contributed by atoms with Crippen molar-refractivity contribution in [3.8, 4) is 6.07 Å². The molecule has 1 fully saturated rings. The number of nitriles is 1. The average molecular weight is 291 g/mol. The normalized spacial score (nSPS) is 20.9. The first kappa shape index (κ1) is 15.2. The van der Waals surface area contributed by atoms with Gasteiger partial charge in [0.25, 0.3) is 5.69 Å². The number of hydrogen-bond donors (Lipinski definition) is 1. The quantitative estimate of drug-likeness (QED) is 0.668. The van der Waals surface area contributed by atoms with Crippen molar-refractivity contribution in [2.45, 2.75) is 25.6 Å². The van der Waals surface area contributed by atoms with Gasteiger partial charge in [-0.2, -0.15) is 5.26 Å². The Morgan fingerprint density at radius 3 is 2.90 bits per heavy atom. The molecule has 1 atom stereocenters. The third-order valence-electron chi connectivity index (χ3n) is 3.35. The zero-order chi connectivity index (χ0) is 15.6. The number of nitrogens with zero attached hydrogens (tertiary/aromatic N) is 3. The first-order valence-electron chi connectivity index (χ1n) is 6.58. The fraction of sp³-hybridized carbons (Fsp3) is 0.500. The van der Waals surface area contributed by atoms with Gasteiger partial charge in [0.05, 0.1) is 23.2 Å². The van der Waals surface area contributed by atoms with E-state index in [0.29, 0.717) is 18.8 Å². The van der Waals surface area contributed by atoms with Crippen LogP contribution in [0.4, 0.5) is 11.4 Å². The summed E-state index contributed by atoms with van der Waals surface area (Å²) in [5, 5.41) is 29.3. The minimum atomic E-state index is -0.558. The molecule has 1 unspecified atom stereocenters. The molecule has 21 heavy (non-hydrogen) atoms. The van der Waals surface area contributed by atoms with E-state index in [2.05, 4.69) is 0 Å². The van der Waals surface area contributed by atoms with Crippen molar-refractivity contribution in [3.05, 3.63) is 33.9 Å². The number of ether oxygens (including phenoxy) is 1. The van der Waals surface area contributed by atoms with Crippen LogP contribution >= 0.6 is 0 Å². The molecule has 1 aliphatic rings. The molecule has 1 saturated heterocycles. The van der Waals surface area contributed by atoms with E-state index in [9.17, 15) is 15.2 Å². The summed E-state index contributed by atoms with van der Waals surface area (Å²) in [7, 11) is 0. The highest BCUT2D eigenvalue weighted by molar-refractivity contribution is 5.60. The molecule has 1 heterocycles. The fourth-order valence-electron chi connectivity index (χ4n) is 2.55. The monoisotopic (exact) mass is 291 g/mol. The lowest BCUT2D eigenvalue weighted by atomic mass is 10.0. The van der Waals surface area contributed by atoms with E-state index in [1.165, 1.54) is 12.1 Å². The Hall–Kier alpha value is -2.17. The number of nitro benzene ring substituents is 1. The van der Waals surface area contributed by atoms with Crippen LogP contribution in [0.1, 0.15) is 19.4 Å². The van der Waals surface area contributed by atoms with Crippen LogP contribution in [0.3, 0.4) is 0 Å². The van der Waals surface area contributed by atoms with Gasteiger partial charge >= 0.3 is 0 Å². The number of aliphatic hydroxyl groups excluding tert-OH is 1. The molecule has 1 aromatic rings. The van der Waals surface area contributed by atoms with Crippen molar-refractivity contribution in [2.24, 2.45) is 0 Å². The Bertz CT molecular complexity index is 594. The van der Waals surface area contributed by atoms with Gasteiger partial charge in [-0.1, -0.05) is 0 Å². The summed E-state index contributed by atoms with van der Waals surface area (Å²) in [6, 6.07) is 6.35. The van der Waals surface area contributed by atoms with Gasteiger partial charge < -0.3 is 14.7 Å². The van der Waals surface area contributed by atoms with Crippen molar-refractivity contribution in [3.63, 3.8) is 0 Å². The number of nitro groups is 1. The maximum atomic E-state index is 11.0. The molecule has 1 aromatic carbocycles. The third kappa shape index (κ3) is 3.29. The summed E-state index contributed by atoms with van der Waals surface area (Å²) in [5.41, 5.74) is 0.0132. The molecule has 7 nitrogen and oxygen atoms in total. The number of morpholine rings is 1. The maximum Gasteiger partial charge on any atom is 0.289 e. The Morgan fingerprint density at radius 2 is 2.33 bits per heavy atom. The van der Waals surface area contributed by atoms with Crippen LogP contribution in [-0.2, 0) is 4.74 Å². The highest BCUT2D eigenvalue weighted by Gasteiger charge is 2.33. The van der Waals surface area contributed by atoms with E-state index in [-0.39, 0.29) is 24.0 Å². The topological polar surface area (TPSA) is 99.6 Å². The van der Waals surface area contributed by atoms with Gasteiger partial charge in [-0.25, -0.2) is 0 Å². The molecule has 112 valence electrons. The van der Waals surface area contributed by atoms with Crippen LogP contribution in [0, 0.1) is 21.4 Å². The molecule has 2 rings (SSSR count). The first-order valence-corrected chi connectivity index (χ1v) is 6.58. The number of anilines is 1. The number of rotatable bonds is 3. The predicted molar refractivity (Wildman–Crippen MR) is 76.1 cm³/mol. The molecule has 1 N–H and O–H groups in total. The van der Waals surface area contributed by atoms with Crippen molar-refractivity contribution in [1.29, 1.82) is 5.26 Å². The third-order valence-corrected chi connectivity index (χ3v) is 3.35. The molecule has 1 aliphatic heterocycles. The highest BCUT2D eigenvalue weighted by Crippen LogP contribution is 2.30. The molecule has 0 aliphatic carbocycles. The zero-order valence-electron chi connectivity index (χ0n) is 11.9. The second-order valence-electron chi connectivity index (χ2n) is 5.63. The predicted octanol–water partition coefficient (Wildman–Crippen LogP) is 1.44. The van der Waals surface area contributed by atoms with Gasteiger partial charge in [0, 0.05) is 24.8 Å². The molecule has 7 heteroatoms. The van der Waals surface area contributed by atoms with E-state index < -0.39 is 10.5 Å². The van der Waals surface area contributed by atoms with Gasteiger partial charge in [-0.05, 0) is 26.0 Å². The van der Waals surface area contributed by atoms with E-state index >= 15 is 0 Å². The molecular weight excluding hydrogens is 274 g/mol. The molecule has 0 spiro atoms. The summed E-state index contributed by atoms with van der Waals surface area (Å²) in [6.45, 7) is 4.69. The van der Waals surface area contributed by atoms with Crippen LogP contribution in [0.25, 0.3) is 0 Å². The van der Waals surface area contributed by atoms with Gasteiger partial charge in [0.15, 0.2) is 0 Å². The van der Waals surface area contributed by atoms with Gasteiger partial charge in [-0.15, -0.1) is 0 Å². The second-order valence-corrected chi connectivity index (χ2v) is 5.63. The number of benzene rings is 1. The van der Waals surface area contributed by atoms with E-state index in [1.54, 1.807) is 6.07 Å². The maximum absolute atomic E-state index is 11.0.